The predicted octanol–water partition coefficient (Wildman–Crippen LogP) is 4.12. The molecule has 0 aliphatic carbocycles. The van der Waals surface area contributed by atoms with E-state index in [1.54, 1.807) is 17.0 Å². The van der Waals surface area contributed by atoms with Crippen molar-refractivity contribution in [3.63, 3.8) is 0 Å². The van der Waals surface area contributed by atoms with Crippen LogP contribution in [0.2, 0.25) is 0 Å². The van der Waals surface area contributed by atoms with Gasteiger partial charge in [0, 0.05) is 31.7 Å². The summed E-state index contributed by atoms with van der Waals surface area (Å²) in [5.41, 5.74) is 1.19. The highest BCUT2D eigenvalue weighted by Gasteiger charge is 2.32. The fourth-order valence-electron chi connectivity index (χ4n) is 4.25. The van der Waals surface area contributed by atoms with Crippen molar-refractivity contribution in [1.29, 1.82) is 0 Å². The zero-order valence-corrected chi connectivity index (χ0v) is 24.7. The highest BCUT2D eigenvalue weighted by Crippen LogP contribution is 2.32. The number of carbonyl (C=O) groups excluding carboxylic acids is 1. The first-order valence-corrected chi connectivity index (χ1v) is 14.6. The summed E-state index contributed by atoms with van der Waals surface area (Å²) < 4.78 is 40.1. The number of benzene rings is 2. The lowest BCUT2D eigenvalue weighted by Gasteiger charge is -2.34. The Morgan fingerprint density at radius 3 is 2.37 bits per heavy atom. The molecule has 1 aliphatic heterocycles. The highest BCUT2D eigenvalue weighted by molar-refractivity contribution is 7.89. The van der Waals surface area contributed by atoms with E-state index in [0.29, 0.717) is 43.5 Å². The molecule has 2 aromatic carbocycles. The van der Waals surface area contributed by atoms with Crippen LogP contribution in [0.1, 0.15) is 31.1 Å². The number of hydrogen-bond acceptors (Lipinski definition) is 8. The van der Waals surface area contributed by atoms with E-state index < -0.39 is 10.0 Å². The number of nitrogens with zero attached hydrogens (tertiary/aromatic N) is 4. The zero-order chi connectivity index (χ0) is 26.7. The molecule has 2 atom stereocenters. The Labute approximate surface area is 234 Å². The average Bonchev–Trinajstić information content (AvgIpc) is 3.26. The van der Waals surface area contributed by atoms with Gasteiger partial charge in [-0.1, -0.05) is 11.3 Å². The number of likely N-dealkylation sites (N-methyl/N-ethyl adjacent to an activating group) is 1. The molecule has 0 radical (unpaired) electrons. The normalized spacial score (nSPS) is 18.4. The Hall–Kier alpha value is -2.28. The number of amides is 1. The van der Waals surface area contributed by atoms with E-state index >= 15 is 0 Å². The van der Waals surface area contributed by atoms with Crippen LogP contribution in [0, 0.1) is 0 Å². The van der Waals surface area contributed by atoms with Crippen LogP contribution < -0.4 is 9.64 Å². The van der Waals surface area contributed by atoms with Gasteiger partial charge in [0.25, 0.3) is 5.91 Å². The Balaban J connectivity index is 0.00000400. The smallest absolute Gasteiger partial charge is 0.260 e. The molecule has 1 saturated heterocycles. The first-order valence-electron chi connectivity index (χ1n) is 12.3. The molecule has 4 rings (SSSR count). The molecule has 0 N–H and O–H groups in total. The fourth-order valence-corrected chi connectivity index (χ4v) is 6.86. The van der Waals surface area contributed by atoms with Gasteiger partial charge in [0.15, 0.2) is 5.13 Å². The van der Waals surface area contributed by atoms with E-state index in [1.807, 2.05) is 58.0 Å². The van der Waals surface area contributed by atoms with E-state index in [2.05, 4.69) is 0 Å². The molecule has 0 spiro atoms. The highest BCUT2D eigenvalue weighted by atomic mass is 35.5. The van der Waals surface area contributed by atoms with Crippen molar-refractivity contribution >= 4 is 55.0 Å². The summed E-state index contributed by atoms with van der Waals surface area (Å²) in [5.74, 6) is 0.528. The van der Waals surface area contributed by atoms with E-state index in [0.717, 1.165) is 16.0 Å². The molecule has 38 heavy (non-hydrogen) atoms. The fraction of sp³-hybridized carbons (Fsp3) is 0.462. The molecular weight excluding hydrogens is 548 g/mol. The molecule has 9 nitrogen and oxygen atoms in total. The van der Waals surface area contributed by atoms with Crippen LogP contribution in [0.5, 0.6) is 5.75 Å². The van der Waals surface area contributed by atoms with Crippen LogP contribution in [0.25, 0.3) is 10.2 Å². The lowest BCUT2D eigenvalue weighted by atomic mass is 10.2. The molecule has 1 fully saturated rings. The number of fused-ring (bicyclic) bond motifs is 1. The lowest BCUT2D eigenvalue weighted by molar-refractivity contribution is -0.0440. The van der Waals surface area contributed by atoms with Crippen molar-refractivity contribution in [3.05, 3.63) is 48.0 Å². The quantitative estimate of drug-likeness (QED) is 0.375. The summed E-state index contributed by atoms with van der Waals surface area (Å²) in [6.07, 6.45) is -0.355. The number of rotatable bonds is 9. The van der Waals surface area contributed by atoms with Gasteiger partial charge in [-0.2, -0.15) is 4.31 Å². The summed E-state index contributed by atoms with van der Waals surface area (Å²) in [7, 11) is 0.203. The number of morpholine rings is 1. The number of ether oxygens (including phenoxy) is 2. The van der Waals surface area contributed by atoms with Crippen molar-refractivity contribution in [2.75, 3.05) is 51.8 Å². The molecule has 0 saturated carbocycles. The third kappa shape index (κ3) is 6.83. The van der Waals surface area contributed by atoms with Crippen molar-refractivity contribution in [3.8, 4) is 5.75 Å². The van der Waals surface area contributed by atoms with Crippen molar-refractivity contribution < 1.29 is 22.7 Å². The van der Waals surface area contributed by atoms with E-state index in [1.165, 1.54) is 27.8 Å². The van der Waals surface area contributed by atoms with E-state index in [4.69, 9.17) is 14.5 Å². The van der Waals surface area contributed by atoms with Crippen molar-refractivity contribution in [1.82, 2.24) is 14.2 Å². The van der Waals surface area contributed by atoms with E-state index in [-0.39, 0.29) is 35.4 Å². The van der Waals surface area contributed by atoms with Crippen LogP contribution in [0.4, 0.5) is 5.13 Å². The van der Waals surface area contributed by atoms with Gasteiger partial charge in [0.05, 0.1) is 33.9 Å². The van der Waals surface area contributed by atoms with Crippen LogP contribution in [0.15, 0.2) is 47.4 Å². The summed E-state index contributed by atoms with van der Waals surface area (Å²) >= 11 is 1.43. The monoisotopic (exact) mass is 582 g/mol. The maximum Gasteiger partial charge on any atom is 0.260 e. The number of anilines is 1. The minimum atomic E-state index is -3.69. The molecule has 1 aliphatic rings. The number of carbonyl (C=O) groups is 1. The van der Waals surface area contributed by atoms with Gasteiger partial charge in [-0.3, -0.25) is 9.69 Å². The number of hydrogen-bond donors (Lipinski definition) is 0. The molecule has 3 aromatic rings. The Kier molecular flexibility index (Phi) is 10.1. The number of aromatic nitrogens is 1. The molecule has 1 amide bonds. The Morgan fingerprint density at radius 2 is 1.76 bits per heavy atom. The zero-order valence-electron chi connectivity index (χ0n) is 22.3. The van der Waals surface area contributed by atoms with Gasteiger partial charge in [-0.25, -0.2) is 13.4 Å². The van der Waals surface area contributed by atoms with Crippen LogP contribution in [-0.2, 0) is 14.8 Å². The molecule has 208 valence electrons. The van der Waals surface area contributed by atoms with Gasteiger partial charge in [0.1, 0.15) is 5.75 Å². The second kappa shape index (κ2) is 12.7. The maximum atomic E-state index is 13.6. The Bertz CT molecular complexity index is 1340. The molecule has 0 bridgehead atoms. The van der Waals surface area contributed by atoms with Gasteiger partial charge >= 0.3 is 0 Å². The van der Waals surface area contributed by atoms with Gasteiger partial charge in [0.2, 0.25) is 10.0 Å². The van der Waals surface area contributed by atoms with Crippen molar-refractivity contribution in [2.24, 2.45) is 0 Å². The second-order valence-corrected chi connectivity index (χ2v) is 12.4. The SMILES string of the molecule is CCOc1ccc2nc(N(CCN(C)C)C(=O)c3ccc(S(=O)(=O)N4CC(C)OC(C)C4)cc3)sc2c1.Cl. The standard InChI is InChI=1S/C26H34N4O5S2.ClH/c1-6-34-21-9-12-23-24(15-21)36-26(27-23)30(14-13-28(4)5)25(31)20-7-10-22(11-8-20)37(32,33)29-16-18(2)35-19(3)17-29;/h7-12,15,18-19H,6,13-14,16-17H2,1-5H3;1H. The largest absolute Gasteiger partial charge is 0.494 e. The summed E-state index contributed by atoms with van der Waals surface area (Å²) in [6.45, 7) is 7.91. The molecule has 2 heterocycles. The third-order valence-electron chi connectivity index (χ3n) is 6.03. The topological polar surface area (TPSA) is 92.3 Å². The lowest BCUT2D eigenvalue weighted by Crippen LogP contribution is -2.48. The maximum absolute atomic E-state index is 13.6. The Morgan fingerprint density at radius 1 is 1.11 bits per heavy atom. The number of halogens is 1. The van der Waals surface area contributed by atoms with Crippen LogP contribution in [-0.4, -0.2) is 87.6 Å². The summed E-state index contributed by atoms with van der Waals surface area (Å²) in [6, 6.07) is 11.9. The molecule has 1 aromatic heterocycles. The van der Waals surface area contributed by atoms with E-state index in [9.17, 15) is 13.2 Å². The number of sulfonamides is 1. The van der Waals surface area contributed by atoms with Gasteiger partial charge in [-0.15, -0.1) is 12.4 Å². The summed E-state index contributed by atoms with van der Waals surface area (Å²) in [4.78, 5) is 22.1. The minimum Gasteiger partial charge on any atom is -0.494 e. The van der Waals surface area contributed by atoms with Gasteiger partial charge in [-0.05, 0) is 77.3 Å². The number of thiazole rings is 1. The molecular formula is C26H35ClN4O5S2. The minimum absolute atomic E-state index is 0. The first-order chi connectivity index (χ1) is 17.6. The molecule has 12 heteroatoms. The predicted molar refractivity (Wildman–Crippen MR) is 153 cm³/mol. The second-order valence-electron chi connectivity index (χ2n) is 9.42. The summed E-state index contributed by atoms with van der Waals surface area (Å²) in [5, 5.41) is 0.587. The van der Waals surface area contributed by atoms with Crippen molar-refractivity contribution in [2.45, 2.75) is 37.9 Å². The van der Waals surface area contributed by atoms with Crippen LogP contribution >= 0.6 is 23.7 Å². The molecule has 2 unspecified atom stereocenters. The average molecular weight is 583 g/mol. The van der Waals surface area contributed by atoms with Crippen LogP contribution in [0.3, 0.4) is 0 Å². The first kappa shape index (κ1) is 30.3. The van der Waals surface area contributed by atoms with Gasteiger partial charge < -0.3 is 14.4 Å². The third-order valence-corrected chi connectivity index (χ3v) is 8.92.